The van der Waals surface area contributed by atoms with E-state index in [9.17, 15) is 0 Å². The molecule has 1 atom stereocenters. The van der Waals surface area contributed by atoms with E-state index in [-0.39, 0.29) is 6.04 Å². The van der Waals surface area contributed by atoms with Crippen LogP contribution in [0.15, 0.2) is 30.3 Å². The number of hydrogen-bond acceptors (Lipinski definition) is 3. The molecule has 2 rings (SSSR count). The molecule has 2 N–H and O–H groups in total. The lowest BCUT2D eigenvalue weighted by molar-refractivity contribution is 0.112. The summed E-state index contributed by atoms with van der Waals surface area (Å²) in [6, 6.07) is 10.9. The van der Waals surface area contributed by atoms with E-state index in [1.165, 1.54) is 5.56 Å². The highest BCUT2D eigenvalue weighted by Crippen LogP contribution is 2.12. The second-order valence-corrected chi connectivity index (χ2v) is 5.60. The van der Waals surface area contributed by atoms with Gasteiger partial charge in [0.05, 0.1) is 11.0 Å². The highest BCUT2D eigenvalue weighted by Gasteiger charge is 2.24. The maximum Gasteiger partial charge on any atom is 0.0901 e. The molecule has 1 aliphatic rings. The highest BCUT2D eigenvalue weighted by atomic mass is 32.1. The van der Waals surface area contributed by atoms with Crippen LogP contribution in [0.3, 0.4) is 0 Å². The maximum atomic E-state index is 5.81. The van der Waals surface area contributed by atoms with Gasteiger partial charge in [0.1, 0.15) is 0 Å². The van der Waals surface area contributed by atoms with Gasteiger partial charge >= 0.3 is 0 Å². The normalized spacial score (nSPS) is 19.2. The predicted octanol–water partition coefficient (Wildman–Crippen LogP) is 1.87. The lowest BCUT2D eigenvalue weighted by Crippen LogP contribution is -2.53. The average Bonchev–Trinajstić information content (AvgIpc) is 2.42. The molecule has 1 aromatic carbocycles. The highest BCUT2D eigenvalue weighted by molar-refractivity contribution is 7.80. The Kier molecular flexibility index (Phi) is 5.31. The molecule has 0 aliphatic carbocycles. The number of hydrogen-bond donors (Lipinski definition) is 1. The van der Waals surface area contributed by atoms with Gasteiger partial charge in [-0.25, -0.2) is 0 Å². The fourth-order valence-electron chi connectivity index (χ4n) is 2.71. The van der Waals surface area contributed by atoms with E-state index in [1.54, 1.807) is 0 Å². The quantitative estimate of drug-likeness (QED) is 0.833. The Balaban J connectivity index is 1.84. The zero-order valence-electron chi connectivity index (χ0n) is 11.6. The Morgan fingerprint density at radius 2 is 1.84 bits per heavy atom. The molecule has 1 aliphatic heterocycles. The third-order valence-corrected chi connectivity index (χ3v) is 4.08. The molecule has 1 unspecified atom stereocenters. The Labute approximate surface area is 121 Å². The van der Waals surface area contributed by atoms with Gasteiger partial charge in [-0.05, 0) is 12.0 Å². The van der Waals surface area contributed by atoms with Crippen molar-refractivity contribution in [2.45, 2.75) is 25.9 Å². The van der Waals surface area contributed by atoms with Gasteiger partial charge in [-0.15, -0.1) is 0 Å². The summed E-state index contributed by atoms with van der Waals surface area (Å²) in [5.41, 5.74) is 7.20. The van der Waals surface area contributed by atoms with E-state index in [2.05, 4.69) is 47.1 Å². The Bertz CT molecular complexity index is 399. The topological polar surface area (TPSA) is 32.5 Å². The molecule has 4 heteroatoms. The van der Waals surface area contributed by atoms with Crippen LogP contribution in [0, 0.1) is 0 Å². The van der Waals surface area contributed by atoms with E-state index >= 15 is 0 Å². The van der Waals surface area contributed by atoms with Crippen molar-refractivity contribution in [1.29, 1.82) is 0 Å². The summed E-state index contributed by atoms with van der Waals surface area (Å²) in [7, 11) is 0. The summed E-state index contributed by atoms with van der Waals surface area (Å²) in [6.07, 6.45) is 1.01. The number of piperazine rings is 1. The minimum Gasteiger partial charge on any atom is -0.392 e. The van der Waals surface area contributed by atoms with Gasteiger partial charge < -0.3 is 5.73 Å². The molecule has 1 saturated heterocycles. The van der Waals surface area contributed by atoms with Gasteiger partial charge in [0, 0.05) is 32.7 Å². The largest absolute Gasteiger partial charge is 0.392 e. The van der Waals surface area contributed by atoms with Crippen molar-refractivity contribution in [2.75, 3.05) is 26.2 Å². The van der Waals surface area contributed by atoms with E-state index in [0.29, 0.717) is 4.99 Å². The van der Waals surface area contributed by atoms with E-state index < -0.39 is 0 Å². The van der Waals surface area contributed by atoms with Crippen molar-refractivity contribution in [3.05, 3.63) is 35.9 Å². The lowest BCUT2D eigenvalue weighted by Gasteiger charge is -2.38. The molecule has 3 nitrogen and oxygen atoms in total. The molecule has 0 saturated carbocycles. The van der Waals surface area contributed by atoms with Crippen LogP contribution in [0.5, 0.6) is 0 Å². The van der Waals surface area contributed by atoms with Crippen LogP contribution in [-0.4, -0.2) is 47.0 Å². The van der Waals surface area contributed by atoms with Crippen molar-refractivity contribution in [3.63, 3.8) is 0 Å². The molecule has 1 aromatic rings. The first-order valence-corrected chi connectivity index (χ1v) is 7.41. The Morgan fingerprint density at radius 1 is 1.21 bits per heavy atom. The fourth-order valence-corrected chi connectivity index (χ4v) is 3.03. The number of nitrogens with zero attached hydrogens (tertiary/aromatic N) is 2. The monoisotopic (exact) mass is 277 g/mol. The number of thiocarbonyl (C=S) groups is 1. The molecule has 1 heterocycles. The molecule has 0 radical (unpaired) electrons. The van der Waals surface area contributed by atoms with Crippen molar-refractivity contribution in [1.82, 2.24) is 9.80 Å². The Morgan fingerprint density at radius 3 is 2.37 bits per heavy atom. The Hall–Kier alpha value is -0.970. The zero-order valence-corrected chi connectivity index (χ0v) is 12.4. The smallest absolute Gasteiger partial charge is 0.0901 e. The molecular weight excluding hydrogens is 254 g/mol. The molecule has 0 aromatic heterocycles. The standard InChI is InChI=1S/C15H23N3S/c1-2-14(15(16)19)18-10-8-17(9-11-18)12-13-6-4-3-5-7-13/h3-7,14H,2,8-12H2,1H3,(H2,16,19). The summed E-state index contributed by atoms with van der Waals surface area (Å²) in [5, 5.41) is 0. The zero-order chi connectivity index (χ0) is 13.7. The van der Waals surface area contributed by atoms with Crippen molar-refractivity contribution in [3.8, 4) is 0 Å². The molecule has 0 bridgehead atoms. The maximum absolute atomic E-state index is 5.81. The number of rotatable bonds is 5. The van der Waals surface area contributed by atoms with Crippen LogP contribution in [0.4, 0.5) is 0 Å². The van der Waals surface area contributed by atoms with Crippen LogP contribution in [0.1, 0.15) is 18.9 Å². The first kappa shape index (κ1) is 14.4. The second-order valence-electron chi connectivity index (χ2n) is 5.12. The third kappa shape index (κ3) is 4.00. The van der Waals surface area contributed by atoms with Gasteiger partial charge in [0.15, 0.2) is 0 Å². The minimum absolute atomic E-state index is 0.272. The van der Waals surface area contributed by atoms with Crippen LogP contribution < -0.4 is 5.73 Å². The van der Waals surface area contributed by atoms with Gasteiger partial charge in [0.2, 0.25) is 0 Å². The average molecular weight is 277 g/mol. The van der Waals surface area contributed by atoms with Gasteiger partial charge in [-0.2, -0.15) is 0 Å². The van der Waals surface area contributed by atoms with Crippen LogP contribution >= 0.6 is 12.2 Å². The molecule has 0 amide bonds. The first-order chi connectivity index (χ1) is 9.20. The van der Waals surface area contributed by atoms with E-state index in [0.717, 1.165) is 39.1 Å². The summed E-state index contributed by atoms with van der Waals surface area (Å²) < 4.78 is 0. The summed E-state index contributed by atoms with van der Waals surface area (Å²) in [4.78, 5) is 5.56. The molecule has 19 heavy (non-hydrogen) atoms. The molecule has 0 spiro atoms. The summed E-state index contributed by atoms with van der Waals surface area (Å²) >= 11 is 5.15. The van der Waals surface area contributed by atoms with Crippen LogP contribution in [0.25, 0.3) is 0 Å². The minimum atomic E-state index is 0.272. The fraction of sp³-hybridized carbons (Fsp3) is 0.533. The van der Waals surface area contributed by atoms with Gasteiger partial charge in [-0.3, -0.25) is 9.80 Å². The SMILES string of the molecule is CCC(C(N)=S)N1CCN(Cc2ccccc2)CC1. The first-order valence-electron chi connectivity index (χ1n) is 7.00. The predicted molar refractivity (Wildman–Crippen MR) is 84.2 cm³/mol. The van der Waals surface area contributed by atoms with Gasteiger partial charge in [0.25, 0.3) is 0 Å². The molecule has 104 valence electrons. The third-order valence-electron chi connectivity index (χ3n) is 3.81. The van der Waals surface area contributed by atoms with Crippen molar-refractivity contribution >= 4 is 17.2 Å². The number of benzene rings is 1. The molecular formula is C15H23N3S. The second kappa shape index (κ2) is 6.98. The van der Waals surface area contributed by atoms with Gasteiger partial charge in [-0.1, -0.05) is 49.5 Å². The van der Waals surface area contributed by atoms with Crippen molar-refractivity contribution < 1.29 is 0 Å². The van der Waals surface area contributed by atoms with Crippen LogP contribution in [0.2, 0.25) is 0 Å². The van der Waals surface area contributed by atoms with Crippen molar-refractivity contribution in [2.24, 2.45) is 5.73 Å². The summed E-state index contributed by atoms with van der Waals surface area (Å²) in [5.74, 6) is 0. The molecule has 1 fully saturated rings. The van der Waals surface area contributed by atoms with E-state index in [4.69, 9.17) is 18.0 Å². The van der Waals surface area contributed by atoms with E-state index in [1.807, 2.05) is 0 Å². The lowest BCUT2D eigenvalue weighted by atomic mass is 10.1. The number of nitrogens with two attached hydrogens (primary N) is 1. The van der Waals surface area contributed by atoms with Crippen LogP contribution in [-0.2, 0) is 6.54 Å². The summed E-state index contributed by atoms with van der Waals surface area (Å²) in [6.45, 7) is 7.49.